The molecule has 0 atom stereocenters. The third-order valence-corrected chi connectivity index (χ3v) is 2.80. The van der Waals surface area contributed by atoms with Crippen LogP contribution in [-0.2, 0) is 6.54 Å². The predicted molar refractivity (Wildman–Crippen MR) is 78.4 cm³/mol. The first-order valence-corrected chi connectivity index (χ1v) is 6.78. The van der Waals surface area contributed by atoms with Gasteiger partial charge in [-0.25, -0.2) is 9.97 Å². The van der Waals surface area contributed by atoms with E-state index in [9.17, 15) is 0 Å². The van der Waals surface area contributed by atoms with Gasteiger partial charge in [0.2, 0.25) is 0 Å². The van der Waals surface area contributed by atoms with E-state index in [1.807, 2.05) is 37.1 Å². The zero-order chi connectivity index (χ0) is 13.3. The van der Waals surface area contributed by atoms with Crippen molar-refractivity contribution in [1.82, 2.24) is 14.5 Å². The second-order valence-corrected chi connectivity index (χ2v) is 4.44. The molecular formula is C14H21N5. The van der Waals surface area contributed by atoms with Gasteiger partial charge < -0.3 is 15.2 Å². The number of anilines is 2. The minimum atomic E-state index is 0.932. The van der Waals surface area contributed by atoms with Crippen LogP contribution in [0.2, 0.25) is 0 Å². The molecule has 102 valence electrons. The average molecular weight is 259 g/mol. The fourth-order valence-corrected chi connectivity index (χ4v) is 1.80. The molecule has 0 aliphatic heterocycles. The number of pyridine rings is 1. The number of hydrogen-bond donors (Lipinski definition) is 2. The molecule has 0 saturated carbocycles. The SMILES string of the molecule is CCCNc1cc(NCCCn2ccnc2)ccn1. The first-order chi connectivity index (χ1) is 9.38. The van der Waals surface area contributed by atoms with Crippen molar-refractivity contribution in [3.05, 3.63) is 37.1 Å². The summed E-state index contributed by atoms with van der Waals surface area (Å²) < 4.78 is 2.09. The van der Waals surface area contributed by atoms with Gasteiger partial charge in [0.05, 0.1) is 6.33 Å². The zero-order valence-electron chi connectivity index (χ0n) is 11.3. The molecule has 0 fully saturated rings. The fourth-order valence-electron chi connectivity index (χ4n) is 1.80. The van der Waals surface area contributed by atoms with Gasteiger partial charge >= 0.3 is 0 Å². The Kier molecular flexibility index (Phi) is 5.22. The molecule has 0 aromatic carbocycles. The first-order valence-electron chi connectivity index (χ1n) is 6.78. The summed E-state index contributed by atoms with van der Waals surface area (Å²) in [5.41, 5.74) is 1.11. The van der Waals surface area contributed by atoms with Gasteiger partial charge in [0.1, 0.15) is 5.82 Å². The molecule has 2 rings (SSSR count). The molecule has 2 aromatic heterocycles. The molecular weight excluding hydrogens is 238 g/mol. The molecule has 2 N–H and O–H groups in total. The highest BCUT2D eigenvalue weighted by atomic mass is 15.0. The summed E-state index contributed by atoms with van der Waals surface area (Å²) in [4.78, 5) is 8.31. The first kappa shape index (κ1) is 13.4. The van der Waals surface area contributed by atoms with E-state index in [1.165, 1.54) is 0 Å². The highest BCUT2D eigenvalue weighted by Gasteiger charge is 1.96. The summed E-state index contributed by atoms with van der Waals surface area (Å²) in [5.74, 6) is 0.932. The van der Waals surface area contributed by atoms with Crippen LogP contribution in [0.15, 0.2) is 37.1 Å². The number of nitrogens with one attached hydrogen (secondary N) is 2. The maximum Gasteiger partial charge on any atom is 0.127 e. The van der Waals surface area contributed by atoms with Crippen molar-refractivity contribution in [1.29, 1.82) is 0 Å². The van der Waals surface area contributed by atoms with E-state index in [1.54, 1.807) is 0 Å². The smallest absolute Gasteiger partial charge is 0.127 e. The number of nitrogens with zero attached hydrogens (tertiary/aromatic N) is 3. The van der Waals surface area contributed by atoms with E-state index >= 15 is 0 Å². The molecule has 2 aromatic rings. The van der Waals surface area contributed by atoms with E-state index in [2.05, 4.69) is 32.1 Å². The van der Waals surface area contributed by atoms with Crippen molar-refractivity contribution in [2.45, 2.75) is 26.3 Å². The second-order valence-electron chi connectivity index (χ2n) is 4.44. The van der Waals surface area contributed by atoms with Gasteiger partial charge in [-0.15, -0.1) is 0 Å². The van der Waals surface area contributed by atoms with Crippen molar-refractivity contribution < 1.29 is 0 Å². The predicted octanol–water partition coefficient (Wildman–Crippen LogP) is 2.60. The number of aromatic nitrogens is 3. The maximum absolute atomic E-state index is 4.28. The van der Waals surface area contributed by atoms with Crippen molar-refractivity contribution in [3.8, 4) is 0 Å². The highest BCUT2D eigenvalue weighted by Crippen LogP contribution is 2.11. The lowest BCUT2D eigenvalue weighted by molar-refractivity contribution is 0.661. The lowest BCUT2D eigenvalue weighted by atomic mass is 10.3. The third-order valence-electron chi connectivity index (χ3n) is 2.80. The van der Waals surface area contributed by atoms with Gasteiger partial charge in [-0.05, 0) is 18.9 Å². The molecule has 0 aliphatic rings. The van der Waals surface area contributed by atoms with Crippen molar-refractivity contribution in [2.24, 2.45) is 0 Å². The molecule has 0 unspecified atom stereocenters. The quantitative estimate of drug-likeness (QED) is 0.715. The number of rotatable bonds is 8. The summed E-state index contributed by atoms with van der Waals surface area (Å²) in [5, 5.41) is 6.69. The Labute approximate surface area is 114 Å². The van der Waals surface area contributed by atoms with Crippen LogP contribution in [0.1, 0.15) is 19.8 Å². The molecule has 19 heavy (non-hydrogen) atoms. The van der Waals surface area contributed by atoms with Crippen molar-refractivity contribution >= 4 is 11.5 Å². The maximum atomic E-state index is 4.28. The van der Waals surface area contributed by atoms with E-state index in [0.29, 0.717) is 0 Å². The molecule has 0 spiro atoms. The Bertz CT molecular complexity index is 466. The van der Waals surface area contributed by atoms with E-state index in [4.69, 9.17) is 0 Å². The van der Waals surface area contributed by atoms with Gasteiger partial charge in [-0.3, -0.25) is 0 Å². The van der Waals surface area contributed by atoms with Crippen LogP contribution < -0.4 is 10.6 Å². The van der Waals surface area contributed by atoms with Gasteiger partial charge in [-0.1, -0.05) is 6.92 Å². The van der Waals surface area contributed by atoms with E-state index in [-0.39, 0.29) is 0 Å². The minimum absolute atomic E-state index is 0.932. The normalized spacial score (nSPS) is 10.4. The Morgan fingerprint density at radius 3 is 2.95 bits per heavy atom. The van der Waals surface area contributed by atoms with Crippen LogP contribution in [0.3, 0.4) is 0 Å². The largest absolute Gasteiger partial charge is 0.385 e. The van der Waals surface area contributed by atoms with Crippen LogP contribution in [0.25, 0.3) is 0 Å². The Hall–Kier alpha value is -2.04. The minimum Gasteiger partial charge on any atom is -0.385 e. The molecule has 0 amide bonds. The molecule has 0 saturated heterocycles. The lowest BCUT2D eigenvalue weighted by Gasteiger charge is -2.09. The number of imidazole rings is 1. The van der Waals surface area contributed by atoms with Crippen LogP contribution in [-0.4, -0.2) is 27.6 Å². The third kappa shape index (κ3) is 4.62. The van der Waals surface area contributed by atoms with E-state index in [0.717, 1.165) is 44.0 Å². The zero-order valence-corrected chi connectivity index (χ0v) is 11.3. The van der Waals surface area contributed by atoms with Gasteiger partial charge in [0.25, 0.3) is 0 Å². The second kappa shape index (κ2) is 7.41. The molecule has 0 radical (unpaired) electrons. The highest BCUT2D eigenvalue weighted by molar-refractivity contribution is 5.51. The van der Waals surface area contributed by atoms with Gasteiger partial charge in [0, 0.05) is 50.0 Å². The van der Waals surface area contributed by atoms with Crippen molar-refractivity contribution in [3.63, 3.8) is 0 Å². The Morgan fingerprint density at radius 2 is 2.16 bits per heavy atom. The van der Waals surface area contributed by atoms with Gasteiger partial charge in [-0.2, -0.15) is 0 Å². The summed E-state index contributed by atoms with van der Waals surface area (Å²) in [6.07, 6.45) is 9.64. The Balaban J connectivity index is 1.73. The summed E-state index contributed by atoms with van der Waals surface area (Å²) in [6, 6.07) is 4.04. The summed E-state index contributed by atoms with van der Waals surface area (Å²) in [6.45, 7) is 5.02. The fraction of sp³-hybridized carbons (Fsp3) is 0.429. The molecule has 2 heterocycles. The average Bonchev–Trinajstić information content (AvgIpc) is 2.95. The number of hydrogen-bond acceptors (Lipinski definition) is 4. The lowest BCUT2D eigenvalue weighted by Crippen LogP contribution is -2.07. The monoisotopic (exact) mass is 259 g/mol. The van der Waals surface area contributed by atoms with E-state index < -0.39 is 0 Å². The van der Waals surface area contributed by atoms with Crippen LogP contribution in [0.5, 0.6) is 0 Å². The molecule has 0 aliphatic carbocycles. The van der Waals surface area contributed by atoms with Crippen LogP contribution >= 0.6 is 0 Å². The van der Waals surface area contributed by atoms with Crippen molar-refractivity contribution in [2.75, 3.05) is 23.7 Å². The topological polar surface area (TPSA) is 54.8 Å². The van der Waals surface area contributed by atoms with Crippen LogP contribution in [0.4, 0.5) is 11.5 Å². The van der Waals surface area contributed by atoms with Crippen LogP contribution in [0, 0.1) is 0 Å². The molecule has 0 bridgehead atoms. The summed E-state index contributed by atoms with van der Waals surface area (Å²) >= 11 is 0. The molecule has 5 heteroatoms. The summed E-state index contributed by atoms with van der Waals surface area (Å²) in [7, 11) is 0. The standard InChI is InChI=1S/C14H21N5/c1-2-5-17-14-11-13(4-7-18-14)16-6-3-9-19-10-8-15-12-19/h4,7-8,10-12H,2-3,5-6,9H2,1H3,(H2,16,17,18). The Morgan fingerprint density at radius 1 is 1.21 bits per heavy atom. The van der Waals surface area contributed by atoms with Gasteiger partial charge in [0.15, 0.2) is 0 Å². The molecule has 5 nitrogen and oxygen atoms in total. The number of aryl methyl sites for hydroxylation is 1.